The molecule has 4 heteroatoms. The highest BCUT2D eigenvalue weighted by atomic mass is 19.1. The van der Waals surface area contributed by atoms with Crippen molar-refractivity contribution >= 4 is 5.78 Å². The third-order valence-electron chi connectivity index (χ3n) is 2.50. The Morgan fingerprint density at radius 1 is 1.57 bits per heavy atom. The summed E-state index contributed by atoms with van der Waals surface area (Å²) in [6.07, 6.45) is 2.73. The van der Waals surface area contributed by atoms with Gasteiger partial charge in [-0.2, -0.15) is 5.26 Å². The summed E-state index contributed by atoms with van der Waals surface area (Å²) >= 11 is 0. The molecule has 70 valence electrons. The van der Waals surface area contributed by atoms with Crippen LogP contribution < -0.4 is 0 Å². The average molecular weight is 190 g/mol. The van der Waals surface area contributed by atoms with Crippen LogP contribution in [0.5, 0.6) is 0 Å². The first-order chi connectivity index (χ1) is 6.68. The Kier molecular flexibility index (Phi) is 1.81. The Bertz CT molecular complexity index is 428. The summed E-state index contributed by atoms with van der Waals surface area (Å²) in [5.41, 5.74) is -0.654. The molecular weight excluding hydrogens is 183 g/mol. The van der Waals surface area contributed by atoms with Crippen LogP contribution in [-0.2, 0) is 10.2 Å². The molecule has 0 aromatic carbocycles. The second-order valence-electron chi connectivity index (χ2n) is 3.44. The zero-order chi connectivity index (χ0) is 10.2. The van der Waals surface area contributed by atoms with E-state index in [0.29, 0.717) is 0 Å². The number of nitrogens with zero attached hydrogens (tertiary/aromatic N) is 2. The normalized spacial score (nSPS) is 18.4. The minimum absolute atomic E-state index is 0.00256. The van der Waals surface area contributed by atoms with E-state index < -0.39 is 11.2 Å². The van der Waals surface area contributed by atoms with E-state index >= 15 is 0 Å². The number of halogens is 1. The van der Waals surface area contributed by atoms with E-state index in [-0.39, 0.29) is 24.2 Å². The van der Waals surface area contributed by atoms with Gasteiger partial charge in [-0.25, -0.2) is 4.39 Å². The number of nitriles is 1. The Labute approximate surface area is 80.2 Å². The van der Waals surface area contributed by atoms with Gasteiger partial charge in [-0.15, -0.1) is 0 Å². The summed E-state index contributed by atoms with van der Waals surface area (Å²) in [6, 6.07) is 3.48. The lowest BCUT2D eigenvalue weighted by atomic mass is 9.65. The molecule has 0 unspecified atom stereocenters. The van der Waals surface area contributed by atoms with Gasteiger partial charge >= 0.3 is 0 Å². The van der Waals surface area contributed by atoms with E-state index in [0.717, 1.165) is 6.20 Å². The van der Waals surface area contributed by atoms with Gasteiger partial charge in [0.1, 0.15) is 11.6 Å². The van der Waals surface area contributed by atoms with E-state index in [1.54, 1.807) is 0 Å². The van der Waals surface area contributed by atoms with Crippen molar-refractivity contribution in [3.05, 3.63) is 29.8 Å². The minimum Gasteiger partial charge on any atom is -0.300 e. The van der Waals surface area contributed by atoms with E-state index in [2.05, 4.69) is 4.98 Å². The Balaban J connectivity index is 2.45. The molecule has 3 nitrogen and oxygen atoms in total. The first-order valence-corrected chi connectivity index (χ1v) is 4.21. The molecule has 14 heavy (non-hydrogen) atoms. The van der Waals surface area contributed by atoms with Crippen LogP contribution in [-0.4, -0.2) is 10.8 Å². The summed E-state index contributed by atoms with van der Waals surface area (Å²) in [6.45, 7) is 0. The molecule has 1 aliphatic rings. The van der Waals surface area contributed by atoms with Crippen LogP contribution in [0.3, 0.4) is 0 Å². The van der Waals surface area contributed by atoms with Crippen LogP contribution in [0, 0.1) is 17.1 Å². The molecule has 0 radical (unpaired) electrons. The van der Waals surface area contributed by atoms with Gasteiger partial charge in [-0.1, -0.05) is 0 Å². The molecule has 1 aliphatic carbocycles. The van der Waals surface area contributed by atoms with E-state index in [1.165, 1.54) is 12.3 Å². The van der Waals surface area contributed by atoms with Crippen LogP contribution in [0.4, 0.5) is 4.39 Å². The van der Waals surface area contributed by atoms with E-state index in [9.17, 15) is 9.18 Å². The topological polar surface area (TPSA) is 53.8 Å². The fraction of sp³-hybridized carbons (Fsp3) is 0.300. The maximum atomic E-state index is 13.3. The lowest BCUT2D eigenvalue weighted by Crippen LogP contribution is -2.41. The first kappa shape index (κ1) is 8.82. The molecule has 0 saturated heterocycles. The Hall–Kier alpha value is -1.76. The number of aromatic nitrogens is 1. The van der Waals surface area contributed by atoms with Gasteiger partial charge in [0.25, 0.3) is 0 Å². The lowest BCUT2D eigenvalue weighted by molar-refractivity contribution is -0.126. The first-order valence-electron chi connectivity index (χ1n) is 4.21. The number of hydrogen-bond acceptors (Lipinski definition) is 3. The fourth-order valence-electron chi connectivity index (χ4n) is 1.71. The smallest absolute Gasteiger partial charge is 0.146 e. The van der Waals surface area contributed by atoms with Crippen molar-refractivity contribution in [2.75, 3.05) is 0 Å². The standard InChI is InChI=1S/C10H7FN2O/c11-9-5-13-2-1-8(9)10(6-12)3-7(14)4-10/h1-2,5H,3-4H2. The maximum absolute atomic E-state index is 13.3. The van der Waals surface area contributed by atoms with E-state index in [4.69, 9.17) is 5.26 Å². The van der Waals surface area contributed by atoms with Crippen molar-refractivity contribution < 1.29 is 9.18 Å². The van der Waals surface area contributed by atoms with Crippen LogP contribution in [0.15, 0.2) is 18.5 Å². The molecule has 0 aliphatic heterocycles. The molecule has 0 bridgehead atoms. The summed E-state index contributed by atoms with van der Waals surface area (Å²) in [5.74, 6) is -0.510. The SMILES string of the molecule is N#CC1(c2ccncc2F)CC(=O)C1. The molecule has 0 spiro atoms. The van der Waals surface area contributed by atoms with Gasteiger partial charge < -0.3 is 0 Å². The summed E-state index contributed by atoms with van der Waals surface area (Å²) in [7, 11) is 0. The van der Waals surface area contributed by atoms with Crippen molar-refractivity contribution in [3.63, 3.8) is 0 Å². The summed E-state index contributed by atoms with van der Waals surface area (Å²) < 4.78 is 13.3. The maximum Gasteiger partial charge on any atom is 0.146 e. The van der Waals surface area contributed by atoms with E-state index in [1.807, 2.05) is 6.07 Å². The third kappa shape index (κ3) is 1.10. The second-order valence-corrected chi connectivity index (χ2v) is 3.44. The molecule has 1 saturated carbocycles. The van der Waals surface area contributed by atoms with Crippen molar-refractivity contribution in [1.82, 2.24) is 4.98 Å². The van der Waals surface area contributed by atoms with Gasteiger partial charge in [0, 0.05) is 24.6 Å². The van der Waals surface area contributed by atoms with Crippen molar-refractivity contribution in [3.8, 4) is 6.07 Å². The Morgan fingerprint density at radius 3 is 2.79 bits per heavy atom. The predicted molar refractivity (Wildman–Crippen MR) is 45.7 cm³/mol. The predicted octanol–water partition coefficient (Wildman–Crippen LogP) is 1.34. The second kappa shape index (κ2) is 2.88. The van der Waals surface area contributed by atoms with Crippen LogP contribution >= 0.6 is 0 Å². The van der Waals surface area contributed by atoms with Crippen LogP contribution in [0.2, 0.25) is 0 Å². The van der Waals surface area contributed by atoms with Crippen molar-refractivity contribution in [1.29, 1.82) is 5.26 Å². The Morgan fingerprint density at radius 2 is 2.29 bits per heavy atom. The van der Waals surface area contributed by atoms with Gasteiger partial charge in [0.05, 0.1) is 17.7 Å². The molecule has 0 atom stereocenters. The van der Waals surface area contributed by atoms with Crippen molar-refractivity contribution in [2.24, 2.45) is 0 Å². The molecule has 1 fully saturated rings. The van der Waals surface area contributed by atoms with Crippen LogP contribution in [0.25, 0.3) is 0 Å². The highest BCUT2D eigenvalue weighted by molar-refractivity contribution is 5.90. The minimum atomic E-state index is -0.940. The molecule has 1 aromatic heterocycles. The van der Waals surface area contributed by atoms with Gasteiger partial charge in [0.2, 0.25) is 0 Å². The molecular formula is C10H7FN2O. The molecule has 2 rings (SSSR count). The summed E-state index contributed by atoms with van der Waals surface area (Å²) in [5, 5.41) is 8.94. The average Bonchev–Trinajstić information content (AvgIpc) is 2.14. The molecule has 1 aromatic rings. The fourth-order valence-corrected chi connectivity index (χ4v) is 1.71. The van der Waals surface area contributed by atoms with Gasteiger partial charge in [-0.3, -0.25) is 9.78 Å². The highest BCUT2D eigenvalue weighted by Crippen LogP contribution is 2.41. The van der Waals surface area contributed by atoms with Gasteiger partial charge in [-0.05, 0) is 6.07 Å². The number of hydrogen-bond donors (Lipinski definition) is 0. The largest absolute Gasteiger partial charge is 0.300 e. The van der Waals surface area contributed by atoms with Crippen LogP contribution in [0.1, 0.15) is 18.4 Å². The lowest BCUT2D eigenvalue weighted by Gasteiger charge is -2.33. The third-order valence-corrected chi connectivity index (χ3v) is 2.50. The number of Topliss-reactive ketones (excluding diaryl/α,β-unsaturated/α-hetero) is 1. The summed E-state index contributed by atoms with van der Waals surface area (Å²) in [4.78, 5) is 14.5. The number of rotatable bonds is 1. The number of carbonyl (C=O) groups excluding carboxylic acids is 1. The molecule has 0 amide bonds. The quantitative estimate of drug-likeness (QED) is 0.671. The zero-order valence-corrected chi connectivity index (χ0v) is 7.33. The van der Waals surface area contributed by atoms with Gasteiger partial charge in [0.15, 0.2) is 0 Å². The monoisotopic (exact) mass is 190 g/mol. The molecule has 0 N–H and O–H groups in total. The van der Waals surface area contributed by atoms with Crippen molar-refractivity contribution in [2.45, 2.75) is 18.3 Å². The number of carbonyl (C=O) groups is 1. The molecule has 1 heterocycles. The number of pyridine rings is 1. The number of ketones is 1. The zero-order valence-electron chi connectivity index (χ0n) is 7.33. The highest BCUT2D eigenvalue weighted by Gasteiger charge is 2.47.